The highest BCUT2D eigenvalue weighted by Crippen LogP contribution is 2.22. The third-order valence-corrected chi connectivity index (χ3v) is 5.30. The average molecular weight is 462 g/mol. The highest BCUT2D eigenvalue weighted by atomic mass is 35.5. The summed E-state index contributed by atoms with van der Waals surface area (Å²) in [5, 5.41) is 3.52. The molecule has 33 heavy (non-hydrogen) atoms. The van der Waals surface area contributed by atoms with Crippen LogP contribution in [0.3, 0.4) is 0 Å². The Hall–Kier alpha value is -3.97. The van der Waals surface area contributed by atoms with Crippen LogP contribution in [0, 0.1) is 6.92 Å². The van der Waals surface area contributed by atoms with Gasteiger partial charge in [0.1, 0.15) is 5.82 Å². The van der Waals surface area contributed by atoms with Gasteiger partial charge in [0.25, 0.3) is 11.5 Å². The first-order valence-corrected chi connectivity index (χ1v) is 10.6. The number of fused-ring (bicyclic) bond motifs is 1. The molecule has 1 heterocycles. The molecule has 0 saturated carbocycles. The van der Waals surface area contributed by atoms with Crippen LogP contribution in [-0.4, -0.2) is 28.5 Å². The maximum absolute atomic E-state index is 12.7. The number of aromatic amines is 1. The number of aromatic nitrogens is 2. The van der Waals surface area contributed by atoms with Crippen LogP contribution in [0.25, 0.3) is 10.9 Å². The molecule has 2 N–H and O–H groups in total. The molecule has 0 atom stereocenters. The molecule has 0 aliphatic carbocycles. The standard InChI is InChI=1S/C25H20ClN3O4/c1-15-10-11-21(19(26)12-15)28-23(30)14-33-25(32)17-7-3-2-6-16(17)13-22-27-20-9-5-4-8-18(20)24(31)29-22/h2-12H,13-14H2,1H3,(H,28,30)(H,27,29,31). The molecule has 0 fully saturated rings. The molecule has 0 aliphatic heterocycles. The van der Waals surface area contributed by atoms with Crippen molar-refractivity contribution in [2.24, 2.45) is 0 Å². The summed E-state index contributed by atoms with van der Waals surface area (Å²) in [6.45, 7) is 1.42. The number of carbonyl (C=O) groups is 2. The van der Waals surface area contributed by atoms with Gasteiger partial charge in [-0.25, -0.2) is 9.78 Å². The number of hydrogen-bond donors (Lipinski definition) is 2. The molecule has 1 aromatic heterocycles. The molecule has 4 rings (SSSR count). The van der Waals surface area contributed by atoms with Gasteiger partial charge in [0.15, 0.2) is 6.61 Å². The lowest BCUT2D eigenvalue weighted by Gasteiger charge is -2.11. The van der Waals surface area contributed by atoms with Crippen LogP contribution in [0.2, 0.25) is 5.02 Å². The number of anilines is 1. The first-order chi connectivity index (χ1) is 15.9. The molecule has 0 saturated heterocycles. The monoisotopic (exact) mass is 461 g/mol. The second-order valence-electron chi connectivity index (χ2n) is 7.47. The number of nitrogens with zero attached hydrogens (tertiary/aromatic N) is 1. The third-order valence-electron chi connectivity index (χ3n) is 4.99. The minimum absolute atomic E-state index is 0.219. The molecule has 0 bridgehead atoms. The lowest BCUT2D eigenvalue weighted by Crippen LogP contribution is -2.21. The van der Waals surface area contributed by atoms with E-state index in [-0.39, 0.29) is 17.5 Å². The fraction of sp³-hybridized carbons (Fsp3) is 0.120. The van der Waals surface area contributed by atoms with Crippen molar-refractivity contribution in [3.8, 4) is 0 Å². The number of halogens is 1. The second kappa shape index (κ2) is 9.67. The zero-order chi connectivity index (χ0) is 23.4. The van der Waals surface area contributed by atoms with E-state index in [9.17, 15) is 14.4 Å². The Morgan fingerprint density at radius 3 is 2.64 bits per heavy atom. The van der Waals surface area contributed by atoms with Crippen LogP contribution in [0.4, 0.5) is 5.69 Å². The molecule has 166 valence electrons. The van der Waals surface area contributed by atoms with Gasteiger partial charge in [-0.15, -0.1) is 0 Å². The van der Waals surface area contributed by atoms with Gasteiger partial charge in [-0.1, -0.05) is 48.0 Å². The number of benzene rings is 3. The number of hydrogen-bond acceptors (Lipinski definition) is 5. The van der Waals surface area contributed by atoms with Crippen LogP contribution in [0.15, 0.2) is 71.5 Å². The van der Waals surface area contributed by atoms with Gasteiger partial charge in [0, 0.05) is 6.42 Å². The lowest BCUT2D eigenvalue weighted by atomic mass is 10.0. The normalized spacial score (nSPS) is 10.7. The smallest absolute Gasteiger partial charge is 0.338 e. The maximum Gasteiger partial charge on any atom is 0.338 e. The Labute approximate surface area is 194 Å². The van der Waals surface area contributed by atoms with E-state index in [1.54, 1.807) is 60.7 Å². The first-order valence-electron chi connectivity index (χ1n) is 10.2. The Morgan fingerprint density at radius 1 is 1.06 bits per heavy atom. The molecule has 1 amide bonds. The van der Waals surface area contributed by atoms with Crippen LogP contribution >= 0.6 is 11.6 Å². The van der Waals surface area contributed by atoms with Crippen molar-refractivity contribution in [2.75, 3.05) is 11.9 Å². The van der Waals surface area contributed by atoms with E-state index in [2.05, 4.69) is 15.3 Å². The summed E-state index contributed by atoms with van der Waals surface area (Å²) < 4.78 is 5.21. The van der Waals surface area contributed by atoms with Crippen molar-refractivity contribution in [1.29, 1.82) is 0 Å². The highest BCUT2D eigenvalue weighted by molar-refractivity contribution is 6.33. The van der Waals surface area contributed by atoms with Crippen LogP contribution in [-0.2, 0) is 16.0 Å². The Kier molecular flexibility index (Phi) is 6.51. The van der Waals surface area contributed by atoms with E-state index in [0.29, 0.717) is 33.0 Å². The largest absolute Gasteiger partial charge is 0.452 e. The summed E-state index contributed by atoms with van der Waals surface area (Å²) >= 11 is 6.12. The van der Waals surface area contributed by atoms with Gasteiger partial charge in [0.05, 0.1) is 27.2 Å². The predicted octanol–water partition coefficient (Wildman–Crippen LogP) is 4.27. The SMILES string of the molecule is Cc1ccc(NC(=O)COC(=O)c2ccccc2Cc2nc3ccccc3c(=O)[nH]2)c(Cl)c1. The summed E-state index contributed by atoms with van der Waals surface area (Å²) in [5.74, 6) is -0.739. The summed E-state index contributed by atoms with van der Waals surface area (Å²) in [6.07, 6.45) is 0.219. The third kappa shape index (κ3) is 5.27. The van der Waals surface area contributed by atoms with Crippen molar-refractivity contribution in [1.82, 2.24) is 9.97 Å². The van der Waals surface area contributed by atoms with Gasteiger partial charge in [-0.05, 0) is 48.4 Å². The molecule has 3 aromatic carbocycles. The molecule has 8 heteroatoms. The number of nitrogens with one attached hydrogen (secondary N) is 2. The van der Waals surface area contributed by atoms with Crippen LogP contribution in [0.5, 0.6) is 0 Å². The van der Waals surface area contributed by atoms with Gasteiger partial charge in [-0.3, -0.25) is 9.59 Å². The number of amides is 1. The van der Waals surface area contributed by atoms with E-state index < -0.39 is 18.5 Å². The number of para-hydroxylation sites is 1. The van der Waals surface area contributed by atoms with E-state index in [1.807, 2.05) is 13.0 Å². The molecule has 0 spiro atoms. The minimum atomic E-state index is -0.654. The molecule has 0 unspecified atom stereocenters. The fourth-order valence-electron chi connectivity index (χ4n) is 3.39. The number of rotatable bonds is 6. The number of carbonyl (C=O) groups excluding carboxylic acids is 2. The van der Waals surface area contributed by atoms with Crippen molar-refractivity contribution in [3.63, 3.8) is 0 Å². The highest BCUT2D eigenvalue weighted by Gasteiger charge is 2.16. The Balaban J connectivity index is 1.46. The second-order valence-corrected chi connectivity index (χ2v) is 7.88. The Bertz CT molecular complexity index is 1410. The summed E-state index contributed by atoms with van der Waals surface area (Å²) in [4.78, 5) is 44.5. The fourth-order valence-corrected chi connectivity index (χ4v) is 3.67. The van der Waals surface area contributed by atoms with Crippen molar-refractivity contribution < 1.29 is 14.3 Å². The number of aryl methyl sites for hydroxylation is 1. The predicted molar refractivity (Wildman–Crippen MR) is 127 cm³/mol. The molecule has 0 aliphatic rings. The lowest BCUT2D eigenvalue weighted by molar-refractivity contribution is -0.119. The molecular weight excluding hydrogens is 442 g/mol. The maximum atomic E-state index is 12.7. The van der Waals surface area contributed by atoms with Crippen LogP contribution < -0.4 is 10.9 Å². The topological polar surface area (TPSA) is 101 Å². The molecule has 0 radical (unpaired) electrons. The molecule has 4 aromatic rings. The zero-order valence-electron chi connectivity index (χ0n) is 17.7. The van der Waals surface area contributed by atoms with Gasteiger partial charge in [0.2, 0.25) is 0 Å². The Morgan fingerprint density at radius 2 is 1.82 bits per heavy atom. The molecule has 7 nitrogen and oxygen atoms in total. The van der Waals surface area contributed by atoms with E-state index in [4.69, 9.17) is 16.3 Å². The zero-order valence-corrected chi connectivity index (χ0v) is 18.5. The van der Waals surface area contributed by atoms with Crippen LogP contribution in [0.1, 0.15) is 27.3 Å². The van der Waals surface area contributed by atoms with E-state index >= 15 is 0 Å². The van der Waals surface area contributed by atoms with Gasteiger partial charge in [-0.2, -0.15) is 0 Å². The van der Waals surface area contributed by atoms with E-state index in [1.165, 1.54) is 0 Å². The average Bonchev–Trinajstić information content (AvgIpc) is 2.80. The quantitative estimate of drug-likeness (QED) is 0.417. The minimum Gasteiger partial charge on any atom is -0.452 e. The van der Waals surface area contributed by atoms with Crippen molar-refractivity contribution in [2.45, 2.75) is 13.3 Å². The number of H-pyrrole nitrogens is 1. The molecular formula is C25H20ClN3O4. The van der Waals surface area contributed by atoms with Crippen molar-refractivity contribution in [3.05, 3.63) is 105 Å². The summed E-state index contributed by atoms with van der Waals surface area (Å²) in [5.41, 5.74) is 2.63. The van der Waals surface area contributed by atoms with Gasteiger partial charge >= 0.3 is 5.97 Å². The van der Waals surface area contributed by atoms with E-state index in [0.717, 1.165) is 5.56 Å². The first kappa shape index (κ1) is 22.2. The summed E-state index contributed by atoms with van der Waals surface area (Å²) in [7, 11) is 0. The number of ether oxygens (including phenoxy) is 1. The summed E-state index contributed by atoms with van der Waals surface area (Å²) in [6, 6.07) is 19.1. The van der Waals surface area contributed by atoms with Gasteiger partial charge < -0.3 is 15.0 Å². The van der Waals surface area contributed by atoms with Crippen molar-refractivity contribution >= 4 is 40.1 Å². The number of esters is 1.